The molecule has 0 aliphatic heterocycles. The summed E-state index contributed by atoms with van der Waals surface area (Å²) in [6.07, 6.45) is 3.95. The van der Waals surface area contributed by atoms with Crippen LogP contribution in [0.25, 0.3) is 6.08 Å². The lowest BCUT2D eigenvalue weighted by Crippen LogP contribution is -2.06. The third-order valence-corrected chi connectivity index (χ3v) is 4.61. The third-order valence-electron chi connectivity index (χ3n) is 4.36. The van der Waals surface area contributed by atoms with Crippen molar-refractivity contribution in [1.29, 1.82) is 0 Å². The molecule has 164 valence electrons. The molecule has 0 atom stereocenters. The first-order chi connectivity index (χ1) is 15.5. The largest absolute Gasteiger partial charge is 0.494 e. The topological polar surface area (TPSA) is 61.8 Å². The zero-order chi connectivity index (χ0) is 22.8. The summed E-state index contributed by atoms with van der Waals surface area (Å²) in [5, 5.41) is 0.620. The molecule has 0 heterocycles. The van der Waals surface area contributed by atoms with E-state index in [2.05, 4.69) is 0 Å². The smallest absolute Gasteiger partial charge is 0.338 e. The van der Waals surface area contributed by atoms with Gasteiger partial charge in [-0.2, -0.15) is 0 Å². The summed E-state index contributed by atoms with van der Waals surface area (Å²) in [4.78, 5) is 24.2. The second kappa shape index (κ2) is 11.7. The molecule has 3 rings (SSSR count). The normalized spacial score (nSPS) is 10.7. The van der Waals surface area contributed by atoms with Crippen LogP contribution in [0.1, 0.15) is 34.8 Å². The molecule has 32 heavy (non-hydrogen) atoms. The van der Waals surface area contributed by atoms with Crippen LogP contribution in [-0.4, -0.2) is 18.5 Å². The summed E-state index contributed by atoms with van der Waals surface area (Å²) < 4.78 is 16.1. The van der Waals surface area contributed by atoms with E-state index < -0.39 is 11.9 Å². The number of rotatable bonds is 9. The van der Waals surface area contributed by atoms with Gasteiger partial charge in [-0.3, -0.25) is 0 Å². The number of carbonyl (C=O) groups excluding carboxylic acids is 2. The highest BCUT2D eigenvalue weighted by molar-refractivity contribution is 6.30. The van der Waals surface area contributed by atoms with E-state index in [1.807, 2.05) is 31.2 Å². The quantitative estimate of drug-likeness (QED) is 0.224. The molecule has 0 spiro atoms. The highest BCUT2D eigenvalue weighted by atomic mass is 35.5. The Kier molecular flexibility index (Phi) is 8.46. The van der Waals surface area contributed by atoms with Crippen molar-refractivity contribution in [1.82, 2.24) is 0 Å². The van der Waals surface area contributed by atoms with Crippen LogP contribution in [0.2, 0.25) is 5.02 Å². The van der Waals surface area contributed by atoms with Gasteiger partial charge in [0.25, 0.3) is 0 Å². The van der Waals surface area contributed by atoms with Crippen molar-refractivity contribution in [2.24, 2.45) is 0 Å². The van der Waals surface area contributed by atoms with Gasteiger partial charge in [-0.05, 0) is 72.2 Å². The van der Waals surface area contributed by atoms with Crippen molar-refractivity contribution in [2.75, 3.05) is 6.61 Å². The highest BCUT2D eigenvalue weighted by Gasteiger charge is 2.09. The number of halogens is 1. The standard InChI is InChI=1S/C26H23ClO5/c1-2-17-30-23-12-5-19(6-13-23)7-16-25(28)32-24-14-8-21(9-15-24)26(29)31-18-20-3-10-22(27)11-4-20/h3-16H,2,17-18H2,1H3/b16-7+. The lowest BCUT2D eigenvalue weighted by atomic mass is 10.2. The van der Waals surface area contributed by atoms with Gasteiger partial charge in [0.05, 0.1) is 12.2 Å². The fourth-order valence-electron chi connectivity index (χ4n) is 2.68. The van der Waals surface area contributed by atoms with E-state index in [4.69, 9.17) is 25.8 Å². The third kappa shape index (κ3) is 7.29. The second-order valence-corrected chi connectivity index (χ2v) is 7.34. The van der Waals surface area contributed by atoms with Crippen molar-refractivity contribution < 1.29 is 23.8 Å². The van der Waals surface area contributed by atoms with E-state index >= 15 is 0 Å². The van der Waals surface area contributed by atoms with E-state index in [0.717, 1.165) is 23.3 Å². The van der Waals surface area contributed by atoms with Crippen LogP contribution in [0.15, 0.2) is 78.9 Å². The summed E-state index contributed by atoms with van der Waals surface area (Å²) >= 11 is 5.84. The Morgan fingerprint density at radius 1 is 0.875 bits per heavy atom. The number of hydrogen-bond donors (Lipinski definition) is 0. The molecule has 6 heteroatoms. The predicted octanol–water partition coefficient (Wildman–Crippen LogP) is 6.10. The minimum atomic E-state index is -0.519. The Hall–Kier alpha value is -3.57. The predicted molar refractivity (Wildman–Crippen MR) is 124 cm³/mol. The Labute approximate surface area is 192 Å². The molecule has 0 amide bonds. The maximum absolute atomic E-state index is 12.2. The lowest BCUT2D eigenvalue weighted by Gasteiger charge is -2.06. The highest BCUT2D eigenvalue weighted by Crippen LogP contribution is 2.16. The Balaban J connectivity index is 1.48. The van der Waals surface area contributed by atoms with E-state index in [1.54, 1.807) is 54.6 Å². The molecule has 0 aliphatic carbocycles. The number of ether oxygens (including phenoxy) is 3. The Morgan fingerprint density at radius 2 is 1.53 bits per heavy atom. The molecule has 0 aliphatic rings. The molecular weight excluding hydrogens is 428 g/mol. The average molecular weight is 451 g/mol. The summed E-state index contributed by atoms with van der Waals surface area (Å²) in [6, 6.07) is 20.7. The van der Waals surface area contributed by atoms with Gasteiger partial charge in [0.2, 0.25) is 0 Å². The zero-order valence-electron chi connectivity index (χ0n) is 17.6. The molecule has 3 aromatic rings. The van der Waals surface area contributed by atoms with Gasteiger partial charge in [-0.15, -0.1) is 0 Å². The maximum atomic E-state index is 12.2. The van der Waals surface area contributed by atoms with Gasteiger partial charge >= 0.3 is 11.9 Å². The first-order valence-electron chi connectivity index (χ1n) is 10.2. The summed E-state index contributed by atoms with van der Waals surface area (Å²) in [5.74, 6) is 0.133. The van der Waals surface area contributed by atoms with Crippen LogP contribution in [0.4, 0.5) is 0 Å². The number of esters is 2. The molecule has 5 nitrogen and oxygen atoms in total. The summed E-state index contributed by atoms with van der Waals surface area (Å²) in [5.41, 5.74) is 2.05. The Bertz CT molecular complexity index is 1050. The van der Waals surface area contributed by atoms with Gasteiger partial charge in [0.15, 0.2) is 0 Å². The number of benzene rings is 3. The van der Waals surface area contributed by atoms with Crippen LogP contribution >= 0.6 is 11.6 Å². The molecule has 0 aromatic heterocycles. The van der Waals surface area contributed by atoms with Gasteiger partial charge < -0.3 is 14.2 Å². The minimum absolute atomic E-state index is 0.142. The van der Waals surface area contributed by atoms with Gasteiger partial charge in [0, 0.05) is 11.1 Å². The summed E-state index contributed by atoms with van der Waals surface area (Å²) in [6.45, 7) is 2.86. The van der Waals surface area contributed by atoms with Gasteiger partial charge in [-0.1, -0.05) is 42.8 Å². The van der Waals surface area contributed by atoms with Crippen LogP contribution in [-0.2, 0) is 16.1 Å². The Morgan fingerprint density at radius 3 is 2.19 bits per heavy atom. The molecule has 0 unspecified atom stereocenters. The number of carbonyl (C=O) groups is 2. The molecule has 3 aromatic carbocycles. The molecule has 0 fully saturated rings. The molecular formula is C26H23ClO5. The van der Waals surface area contributed by atoms with E-state index in [-0.39, 0.29) is 6.61 Å². The summed E-state index contributed by atoms with van der Waals surface area (Å²) in [7, 11) is 0. The maximum Gasteiger partial charge on any atom is 0.338 e. The van der Waals surface area contributed by atoms with Crippen molar-refractivity contribution in [3.8, 4) is 11.5 Å². The molecule has 0 N–H and O–H groups in total. The van der Waals surface area contributed by atoms with E-state index in [9.17, 15) is 9.59 Å². The first kappa shape index (κ1) is 23.1. The van der Waals surface area contributed by atoms with Crippen LogP contribution < -0.4 is 9.47 Å². The van der Waals surface area contributed by atoms with Crippen LogP contribution in [0.5, 0.6) is 11.5 Å². The van der Waals surface area contributed by atoms with Crippen molar-refractivity contribution >= 4 is 29.6 Å². The number of hydrogen-bond acceptors (Lipinski definition) is 5. The first-order valence-corrected chi connectivity index (χ1v) is 10.6. The molecule has 0 saturated carbocycles. The van der Waals surface area contributed by atoms with Gasteiger partial charge in [0.1, 0.15) is 18.1 Å². The molecule has 0 radical (unpaired) electrons. The van der Waals surface area contributed by atoms with Crippen molar-refractivity contribution in [3.05, 3.63) is 101 Å². The fraction of sp³-hybridized carbons (Fsp3) is 0.154. The second-order valence-electron chi connectivity index (χ2n) is 6.90. The van der Waals surface area contributed by atoms with E-state index in [1.165, 1.54) is 6.08 Å². The van der Waals surface area contributed by atoms with Crippen LogP contribution in [0.3, 0.4) is 0 Å². The molecule has 0 bridgehead atoms. The van der Waals surface area contributed by atoms with E-state index in [0.29, 0.717) is 22.9 Å². The fourth-order valence-corrected chi connectivity index (χ4v) is 2.81. The lowest BCUT2D eigenvalue weighted by molar-refractivity contribution is -0.128. The van der Waals surface area contributed by atoms with Crippen LogP contribution in [0, 0.1) is 0 Å². The SMILES string of the molecule is CCCOc1ccc(/C=C/C(=O)Oc2ccc(C(=O)OCc3ccc(Cl)cc3)cc2)cc1. The van der Waals surface area contributed by atoms with Crippen molar-refractivity contribution in [2.45, 2.75) is 20.0 Å². The minimum Gasteiger partial charge on any atom is -0.494 e. The molecule has 0 saturated heterocycles. The van der Waals surface area contributed by atoms with Crippen molar-refractivity contribution in [3.63, 3.8) is 0 Å². The monoisotopic (exact) mass is 450 g/mol. The zero-order valence-corrected chi connectivity index (χ0v) is 18.4. The van der Waals surface area contributed by atoms with Gasteiger partial charge in [-0.25, -0.2) is 9.59 Å². The average Bonchev–Trinajstić information content (AvgIpc) is 2.82.